The van der Waals surface area contributed by atoms with Gasteiger partial charge in [-0.2, -0.15) is 0 Å². The minimum Gasteiger partial charge on any atom is -0.140 e. The molecule has 6 rings (SSSR count). The Bertz CT molecular complexity index is 1480. The fraction of sp³-hybridized carbons (Fsp3) is 0.154. The summed E-state index contributed by atoms with van der Waals surface area (Å²) in [6.07, 6.45) is 3.75. The first-order valence-corrected chi connectivity index (χ1v) is 12.6. The van der Waals surface area contributed by atoms with Gasteiger partial charge in [-0.05, 0) is 65.6 Å². The maximum absolute atomic E-state index is 2.42. The van der Waals surface area contributed by atoms with E-state index in [9.17, 15) is 0 Å². The first-order chi connectivity index (χ1) is 14.3. The zero-order valence-corrected chi connectivity index (χ0v) is 18.6. The lowest BCUT2D eigenvalue weighted by Gasteiger charge is -1.94. The van der Waals surface area contributed by atoms with Crippen molar-refractivity contribution in [3.05, 3.63) is 71.6 Å². The van der Waals surface area contributed by atoms with E-state index >= 15 is 0 Å². The van der Waals surface area contributed by atoms with Crippen LogP contribution in [0.3, 0.4) is 0 Å². The van der Waals surface area contributed by atoms with E-state index in [-0.39, 0.29) is 0 Å². The second-order valence-electron chi connectivity index (χ2n) is 7.67. The zero-order valence-electron chi connectivity index (χ0n) is 16.2. The second kappa shape index (κ2) is 6.94. The Balaban J connectivity index is 1.52. The van der Waals surface area contributed by atoms with E-state index in [4.69, 9.17) is 0 Å². The molecule has 0 aliphatic heterocycles. The van der Waals surface area contributed by atoms with E-state index in [0.29, 0.717) is 0 Å². The summed E-state index contributed by atoms with van der Waals surface area (Å²) in [5.41, 5.74) is 1.31. The quantitative estimate of drug-likeness (QED) is 0.262. The molecule has 3 heteroatoms. The standard InChI is InChI=1S/C26H20S3/c1-2-3-9-19-10-17-11-20-21-12-18-13-22(16-7-5-4-6-8-16)28-24(18)15-26(21)29-25(20)14-23(17)27-19/h4-8,10-15H,2-3,9H2,1H3. The lowest BCUT2D eigenvalue weighted by atomic mass is 10.1. The van der Waals surface area contributed by atoms with Gasteiger partial charge in [-0.15, -0.1) is 34.0 Å². The number of hydrogen-bond acceptors (Lipinski definition) is 3. The fourth-order valence-electron chi connectivity index (χ4n) is 4.12. The summed E-state index contributed by atoms with van der Waals surface area (Å²) in [5, 5.41) is 5.57. The van der Waals surface area contributed by atoms with Crippen LogP contribution in [0.4, 0.5) is 0 Å². The highest BCUT2D eigenvalue weighted by atomic mass is 32.1. The Labute approximate surface area is 182 Å². The van der Waals surface area contributed by atoms with Crippen molar-refractivity contribution in [2.24, 2.45) is 0 Å². The summed E-state index contributed by atoms with van der Waals surface area (Å²) in [4.78, 5) is 2.87. The van der Waals surface area contributed by atoms with Crippen molar-refractivity contribution < 1.29 is 0 Å². The van der Waals surface area contributed by atoms with Crippen LogP contribution in [-0.2, 0) is 6.42 Å². The number of aryl methyl sites for hydroxylation is 1. The minimum atomic E-state index is 1.21. The number of fused-ring (bicyclic) bond motifs is 5. The van der Waals surface area contributed by atoms with Gasteiger partial charge in [0.15, 0.2) is 0 Å². The van der Waals surface area contributed by atoms with Gasteiger partial charge in [0.2, 0.25) is 0 Å². The molecule has 0 saturated heterocycles. The van der Waals surface area contributed by atoms with E-state index in [1.54, 1.807) is 0 Å². The molecule has 0 fully saturated rings. The Morgan fingerprint density at radius 1 is 0.655 bits per heavy atom. The molecular weight excluding hydrogens is 408 g/mol. The number of thiophene rings is 3. The molecule has 0 atom stereocenters. The van der Waals surface area contributed by atoms with E-state index in [2.05, 4.69) is 73.7 Å². The number of benzene rings is 3. The van der Waals surface area contributed by atoms with E-state index in [0.717, 1.165) is 0 Å². The summed E-state index contributed by atoms with van der Waals surface area (Å²) in [5.74, 6) is 0. The second-order valence-corrected chi connectivity index (χ2v) is 11.0. The highest BCUT2D eigenvalue weighted by Crippen LogP contribution is 2.43. The molecule has 0 nitrogen and oxygen atoms in total. The fourth-order valence-corrected chi connectivity index (χ4v) is 7.63. The summed E-state index contributed by atoms with van der Waals surface area (Å²) in [7, 11) is 0. The van der Waals surface area contributed by atoms with Crippen LogP contribution >= 0.6 is 34.0 Å². The Hall–Kier alpha value is -2.20. The van der Waals surface area contributed by atoms with Crippen molar-refractivity contribution in [2.45, 2.75) is 26.2 Å². The monoisotopic (exact) mass is 428 g/mol. The molecule has 0 unspecified atom stereocenters. The topological polar surface area (TPSA) is 0 Å². The van der Waals surface area contributed by atoms with Crippen molar-refractivity contribution in [2.75, 3.05) is 0 Å². The largest absolute Gasteiger partial charge is 0.140 e. The normalized spacial score (nSPS) is 12.0. The van der Waals surface area contributed by atoms with Gasteiger partial charge in [-0.1, -0.05) is 43.7 Å². The van der Waals surface area contributed by atoms with Gasteiger partial charge in [-0.25, -0.2) is 0 Å². The molecule has 3 heterocycles. The summed E-state index contributed by atoms with van der Waals surface area (Å²) >= 11 is 5.81. The van der Waals surface area contributed by atoms with Gasteiger partial charge in [0.25, 0.3) is 0 Å². The van der Waals surface area contributed by atoms with Crippen molar-refractivity contribution >= 4 is 74.4 Å². The molecule has 0 aliphatic rings. The maximum Gasteiger partial charge on any atom is 0.0369 e. The van der Waals surface area contributed by atoms with E-state index in [1.807, 2.05) is 34.0 Å². The van der Waals surface area contributed by atoms with Gasteiger partial charge in [0.1, 0.15) is 0 Å². The maximum atomic E-state index is 2.42. The SMILES string of the molecule is CCCCc1cc2cc3c(cc2s1)sc1cc2sc(-c4ccccc4)cc2cc13. The van der Waals surface area contributed by atoms with Gasteiger partial charge in [0, 0.05) is 39.3 Å². The average molecular weight is 429 g/mol. The summed E-state index contributed by atoms with van der Waals surface area (Å²) in [6.45, 7) is 2.27. The molecule has 142 valence electrons. The Kier molecular flexibility index (Phi) is 4.22. The van der Waals surface area contributed by atoms with Crippen LogP contribution in [0, 0.1) is 0 Å². The average Bonchev–Trinajstić information content (AvgIpc) is 3.43. The van der Waals surface area contributed by atoms with Crippen molar-refractivity contribution in [1.82, 2.24) is 0 Å². The number of hydrogen-bond donors (Lipinski definition) is 0. The Morgan fingerprint density at radius 2 is 1.34 bits per heavy atom. The zero-order chi connectivity index (χ0) is 19.4. The van der Waals surface area contributed by atoms with Crippen molar-refractivity contribution in [3.63, 3.8) is 0 Å². The molecular formula is C26H20S3. The molecule has 0 radical (unpaired) electrons. The van der Waals surface area contributed by atoms with Crippen LogP contribution in [0.2, 0.25) is 0 Å². The highest BCUT2D eigenvalue weighted by molar-refractivity contribution is 7.27. The lowest BCUT2D eigenvalue weighted by molar-refractivity contribution is 0.804. The predicted octanol–water partition coefficient (Wildman–Crippen LogP) is 9.49. The summed E-state index contributed by atoms with van der Waals surface area (Å²) < 4.78 is 5.63. The number of unbranched alkanes of at least 4 members (excludes halogenated alkanes) is 1. The molecule has 0 N–H and O–H groups in total. The smallest absolute Gasteiger partial charge is 0.0369 e. The third kappa shape index (κ3) is 3.00. The highest BCUT2D eigenvalue weighted by Gasteiger charge is 2.12. The summed E-state index contributed by atoms with van der Waals surface area (Å²) in [6, 6.07) is 25.1. The molecule has 0 bridgehead atoms. The van der Waals surface area contributed by atoms with Gasteiger partial charge in [-0.3, -0.25) is 0 Å². The molecule has 0 amide bonds. The molecule has 6 aromatic rings. The van der Waals surface area contributed by atoms with Crippen molar-refractivity contribution in [3.8, 4) is 10.4 Å². The third-order valence-corrected chi connectivity index (χ3v) is 9.05. The molecule has 29 heavy (non-hydrogen) atoms. The minimum absolute atomic E-state index is 1.21. The van der Waals surface area contributed by atoms with Gasteiger partial charge in [0.05, 0.1) is 0 Å². The Morgan fingerprint density at radius 3 is 2.07 bits per heavy atom. The van der Waals surface area contributed by atoms with Crippen LogP contribution in [0.15, 0.2) is 66.7 Å². The molecule has 0 aliphatic carbocycles. The predicted molar refractivity (Wildman–Crippen MR) is 134 cm³/mol. The molecule has 3 aromatic carbocycles. The van der Waals surface area contributed by atoms with E-state index in [1.165, 1.54) is 74.9 Å². The first-order valence-electron chi connectivity index (χ1n) is 10.2. The van der Waals surface area contributed by atoms with Crippen LogP contribution < -0.4 is 0 Å². The van der Waals surface area contributed by atoms with Crippen LogP contribution in [0.25, 0.3) is 50.8 Å². The van der Waals surface area contributed by atoms with Crippen LogP contribution in [-0.4, -0.2) is 0 Å². The number of rotatable bonds is 4. The first kappa shape index (κ1) is 17.6. The van der Waals surface area contributed by atoms with Gasteiger partial charge >= 0.3 is 0 Å². The molecule has 0 spiro atoms. The third-order valence-electron chi connectivity index (χ3n) is 5.63. The van der Waals surface area contributed by atoms with Crippen molar-refractivity contribution in [1.29, 1.82) is 0 Å². The van der Waals surface area contributed by atoms with Gasteiger partial charge < -0.3 is 0 Å². The van der Waals surface area contributed by atoms with Crippen LogP contribution in [0.5, 0.6) is 0 Å². The lowest BCUT2D eigenvalue weighted by Crippen LogP contribution is -1.76. The van der Waals surface area contributed by atoms with E-state index < -0.39 is 0 Å². The molecule has 3 aromatic heterocycles. The molecule has 0 saturated carbocycles. The van der Waals surface area contributed by atoms with Crippen LogP contribution in [0.1, 0.15) is 24.6 Å².